The van der Waals surface area contributed by atoms with Gasteiger partial charge in [-0.15, -0.1) is 10.2 Å². The molecular formula is C14H23N5O2. The molecule has 0 aromatic carbocycles. The molecule has 2 aliphatic rings. The predicted molar refractivity (Wildman–Crippen MR) is 76.7 cm³/mol. The van der Waals surface area contributed by atoms with Gasteiger partial charge in [0.25, 0.3) is 0 Å². The van der Waals surface area contributed by atoms with E-state index in [1.54, 1.807) is 0 Å². The number of morpholine rings is 1. The van der Waals surface area contributed by atoms with Crippen molar-refractivity contribution in [2.75, 3.05) is 19.7 Å². The Bertz CT molecular complexity index is 527. The Balaban J connectivity index is 1.72. The van der Waals surface area contributed by atoms with E-state index in [-0.39, 0.29) is 18.1 Å². The van der Waals surface area contributed by atoms with Crippen LogP contribution in [0.15, 0.2) is 0 Å². The van der Waals surface area contributed by atoms with Crippen LogP contribution in [0, 0.1) is 0 Å². The number of ether oxygens (including phenoxy) is 1. The van der Waals surface area contributed by atoms with Gasteiger partial charge in [0.15, 0.2) is 5.82 Å². The van der Waals surface area contributed by atoms with E-state index in [4.69, 9.17) is 4.74 Å². The molecule has 2 aliphatic heterocycles. The van der Waals surface area contributed by atoms with Gasteiger partial charge < -0.3 is 19.5 Å². The normalized spacial score (nSPS) is 26.0. The maximum atomic E-state index is 12.6. The molecule has 0 radical (unpaired) electrons. The molecule has 0 bridgehead atoms. The Kier molecular flexibility index (Phi) is 3.95. The second kappa shape index (κ2) is 5.73. The van der Waals surface area contributed by atoms with Crippen molar-refractivity contribution >= 4 is 5.91 Å². The van der Waals surface area contributed by atoms with Gasteiger partial charge in [-0.3, -0.25) is 4.79 Å². The molecule has 0 saturated carbocycles. The topological polar surface area (TPSA) is 72.3 Å². The third-order valence-corrected chi connectivity index (χ3v) is 4.19. The van der Waals surface area contributed by atoms with Crippen LogP contribution in [0.3, 0.4) is 0 Å². The van der Waals surface area contributed by atoms with Crippen LogP contribution >= 0.6 is 0 Å². The number of nitrogens with one attached hydrogen (secondary N) is 1. The van der Waals surface area contributed by atoms with Crippen LogP contribution in [-0.2, 0) is 22.6 Å². The van der Waals surface area contributed by atoms with E-state index in [2.05, 4.69) is 33.9 Å². The number of hydrogen-bond donors (Lipinski definition) is 1. The van der Waals surface area contributed by atoms with E-state index in [1.807, 2.05) is 11.8 Å². The highest BCUT2D eigenvalue weighted by atomic mass is 16.5. The molecule has 3 heterocycles. The number of nitrogens with zero attached hydrogens (tertiary/aromatic N) is 4. The fourth-order valence-electron chi connectivity index (χ4n) is 3.00. The highest BCUT2D eigenvalue weighted by molar-refractivity contribution is 5.82. The molecule has 0 aliphatic carbocycles. The number of fused-ring (bicyclic) bond motifs is 1. The molecule has 1 fully saturated rings. The first kappa shape index (κ1) is 14.5. The van der Waals surface area contributed by atoms with E-state index in [9.17, 15) is 4.79 Å². The van der Waals surface area contributed by atoms with Crippen molar-refractivity contribution in [3.63, 3.8) is 0 Å². The van der Waals surface area contributed by atoms with Crippen LogP contribution in [0.4, 0.5) is 0 Å². The number of aromatic nitrogens is 3. The molecule has 1 aromatic rings. The summed E-state index contributed by atoms with van der Waals surface area (Å²) < 4.78 is 7.71. The van der Waals surface area contributed by atoms with E-state index in [0.29, 0.717) is 25.6 Å². The zero-order chi connectivity index (χ0) is 15.0. The summed E-state index contributed by atoms with van der Waals surface area (Å²) in [6.07, 6.45) is -0.0859. The van der Waals surface area contributed by atoms with Gasteiger partial charge >= 0.3 is 0 Å². The molecule has 7 nitrogen and oxygen atoms in total. The third-order valence-electron chi connectivity index (χ3n) is 4.19. The Morgan fingerprint density at radius 1 is 1.38 bits per heavy atom. The lowest BCUT2D eigenvalue weighted by atomic mass is 10.1. The predicted octanol–water partition coefficient (Wildman–Crippen LogP) is 0.121. The summed E-state index contributed by atoms with van der Waals surface area (Å²) in [7, 11) is 0. The lowest BCUT2D eigenvalue weighted by Crippen LogP contribution is -2.57. The van der Waals surface area contributed by atoms with Crippen LogP contribution in [0.2, 0.25) is 0 Å². The van der Waals surface area contributed by atoms with Crippen molar-refractivity contribution in [1.29, 1.82) is 0 Å². The van der Waals surface area contributed by atoms with Crippen molar-refractivity contribution in [2.24, 2.45) is 0 Å². The van der Waals surface area contributed by atoms with Gasteiger partial charge in [0.05, 0.1) is 19.3 Å². The van der Waals surface area contributed by atoms with Gasteiger partial charge in [-0.25, -0.2) is 0 Å². The quantitative estimate of drug-likeness (QED) is 0.838. The molecule has 0 spiro atoms. The molecule has 7 heteroatoms. The Labute approximate surface area is 124 Å². The second-order valence-electron chi connectivity index (χ2n) is 6.05. The largest absolute Gasteiger partial charge is 0.375 e. The minimum atomic E-state index is -0.252. The van der Waals surface area contributed by atoms with Gasteiger partial charge in [0.2, 0.25) is 5.91 Å². The minimum absolute atomic E-state index is 0.0859. The fourth-order valence-corrected chi connectivity index (χ4v) is 3.00. The van der Waals surface area contributed by atoms with Crippen LogP contribution in [0.25, 0.3) is 0 Å². The number of hydrogen-bond acceptors (Lipinski definition) is 5. The Morgan fingerprint density at radius 3 is 2.90 bits per heavy atom. The molecular weight excluding hydrogens is 270 g/mol. The summed E-state index contributed by atoms with van der Waals surface area (Å²) in [5.41, 5.74) is 0. The number of rotatable bonds is 2. The SMILES string of the molecule is CC(C)c1nnc2n1CCN(C(=O)[C@H]1NCCO[C@@H]1C)C2. The zero-order valence-electron chi connectivity index (χ0n) is 12.9. The summed E-state index contributed by atoms with van der Waals surface area (Å²) in [6.45, 7) is 9.55. The summed E-state index contributed by atoms with van der Waals surface area (Å²) in [4.78, 5) is 14.5. The molecule has 1 N–H and O–H groups in total. The average Bonchev–Trinajstić information content (AvgIpc) is 2.90. The standard InChI is InChI=1S/C14H23N5O2/c1-9(2)13-17-16-11-8-18(5-6-19(11)13)14(20)12-10(3)21-7-4-15-12/h9-10,12,15H,4-8H2,1-3H3/t10-,12+/m1/s1. The third kappa shape index (κ3) is 2.67. The zero-order valence-corrected chi connectivity index (χ0v) is 12.9. The Hall–Kier alpha value is -1.47. The molecule has 116 valence electrons. The van der Waals surface area contributed by atoms with E-state index in [0.717, 1.165) is 24.7 Å². The smallest absolute Gasteiger partial charge is 0.242 e. The lowest BCUT2D eigenvalue weighted by molar-refractivity contribution is -0.141. The first-order valence-corrected chi connectivity index (χ1v) is 7.63. The van der Waals surface area contributed by atoms with Crippen molar-refractivity contribution in [1.82, 2.24) is 25.0 Å². The van der Waals surface area contributed by atoms with Crippen LogP contribution in [0.5, 0.6) is 0 Å². The van der Waals surface area contributed by atoms with Gasteiger partial charge in [-0.2, -0.15) is 0 Å². The van der Waals surface area contributed by atoms with Crippen LogP contribution in [-0.4, -0.2) is 57.4 Å². The van der Waals surface area contributed by atoms with Crippen molar-refractivity contribution < 1.29 is 9.53 Å². The molecule has 1 saturated heterocycles. The number of amides is 1. The fraction of sp³-hybridized carbons (Fsp3) is 0.786. The monoisotopic (exact) mass is 293 g/mol. The van der Waals surface area contributed by atoms with Crippen molar-refractivity contribution in [3.8, 4) is 0 Å². The molecule has 3 rings (SSSR count). The first-order chi connectivity index (χ1) is 10.1. The van der Waals surface area contributed by atoms with Gasteiger partial charge in [-0.05, 0) is 6.92 Å². The summed E-state index contributed by atoms with van der Waals surface area (Å²) >= 11 is 0. The average molecular weight is 293 g/mol. The van der Waals surface area contributed by atoms with Gasteiger partial charge in [0.1, 0.15) is 11.9 Å². The number of carbonyl (C=O) groups is 1. The highest BCUT2D eigenvalue weighted by Gasteiger charge is 2.34. The van der Waals surface area contributed by atoms with E-state index in [1.165, 1.54) is 0 Å². The minimum Gasteiger partial charge on any atom is -0.375 e. The van der Waals surface area contributed by atoms with E-state index < -0.39 is 0 Å². The molecule has 2 atom stereocenters. The molecule has 1 aromatic heterocycles. The van der Waals surface area contributed by atoms with E-state index >= 15 is 0 Å². The highest BCUT2D eigenvalue weighted by Crippen LogP contribution is 2.19. The summed E-state index contributed by atoms with van der Waals surface area (Å²) in [5.74, 6) is 2.33. The van der Waals surface area contributed by atoms with Crippen molar-refractivity contribution in [3.05, 3.63) is 11.6 Å². The first-order valence-electron chi connectivity index (χ1n) is 7.63. The second-order valence-corrected chi connectivity index (χ2v) is 6.05. The van der Waals surface area contributed by atoms with Gasteiger partial charge in [0, 0.05) is 25.6 Å². The Morgan fingerprint density at radius 2 is 2.19 bits per heavy atom. The summed E-state index contributed by atoms with van der Waals surface area (Å²) in [6, 6.07) is -0.252. The summed E-state index contributed by atoms with van der Waals surface area (Å²) in [5, 5.41) is 11.7. The maximum absolute atomic E-state index is 12.6. The van der Waals surface area contributed by atoms with Crippen molar-refractivity contribution in [2.45, 2.75) is 51.9 Å². The molecule has 0 unspecified atom stereocenters. The van der Waals surface area contributed by atoms with Gasteiger partial charge in [-0.1, -0.05) is 13.8 Å². The molecule has 21 heavy (non-hydrogen) atoms. The van der Waals surface area contributed by atoms with Crippen LogP contribution < -0.4 is 5.32 Å². The lowest BCUT2D eigenvalue weighted by Gasteiger charge is -2.35. The maximum Gasteiger partial charge on any atom is 0.242 e. The number of carbonyl (C=O) groups excluding carboxylic acids is 1. The van der Waals surface area contributed by atoms with Crippen LogP contribution in [0.1, 0.15) is 38.3 Å². The molecule has 1 amide bonds.